The van der Waals surface area contributed by atoms with E-state index in [1.807, 2.05) is 72.9 Å². The Labute approximate surface area is 176 Å². The van der Waals surface area contributed by atoms with Crippen molar-refractivity contribution >= 4 is 16.8 Å². The lowest BCUT2D eigenvalue weighted by Crippen LogP contribution is -2.29. The molecule has 0 aliphatic heterocycles. The highest BCUT2D eigenvalue weighted by molar-refractivity contribution is 5.83. The molecule has 0 spiro atoms. The summed E-state index contributed by atoms with van der Waals surface area (Å²) in [5.41, 5.74) is 4.49. The summed E-state index contributed by atoms with van der Waals surface area (Å²) >= 11 is 0. The predicted molar refractivity (Wildman–Crippen MR) is 121 cm³/mol. The summed E-state index contributed by atoms with van der Waals surface area (Å²) in [5.74, 6) is 0.857. The minimum Gasteiger partial charge on any atom is -0.497 e. The maximum absolute atomic E-state index is 12.8. The van der Waals surface area contributed by atoms with E-state index >= 15 is 0 Å². The number of benzene rings is 3. The average molecular weight is 399 g/mol. The summed E-state index contributed by atoms with van der Waals surface area (Å²) in [6, 6.07) is 26.0. The van der Waals surface area contributed by atoms with Crippen molar-refractivity contribution < 1.29 is 9.53 Å². The van der Waals surface area contributed by atoms with Gasteiger partial charge in [-0.05, 0) is 47.7 Å². The number of rotatable bonds is 8. The highest BCUT2D eigenvalue weighted by Gasteiger charge is 2.17. The third-order valence-electron chi connectivity index (χ3n) is 5.41. The molecule has 3 aromatic carbocycles. The first-order valence-corrected chi connectivity index (χ1v) is 10.3. The second-order valence-electron chi connectivity index (χ2n) is 7.40. The van der Waals surface area contributed by atoms with Gasteiger partial charge in [0.2, 0.25) is 5.91 Å². The maximum atomic E-state index is 12.8. The van der Waals surface area contributed by atoms with Crippen LogP contribution < -0.4 is 10.1 Å². The Hall–Kier alpha value is -3.53. The Bertz CT molecular complexity index is 1100. The number of aromatic amines is 1. The van der Waals surface area contributed by atoms with Crippen LogP contribution >= 0.6 is 0 Å². The molecule has 0 aliphatic rings. The molecular weight excluding hydrogens is 372 g/mol. The van der Waals surface area contributed by atoms with Crippen LogP contribution in [0.1, 0.15) is 35.6 Å². The van der Waals surface area contributed by atoms with Gasteiger partial charge in [-0.2, -0.15) is 0 Å². The van der Waals surface area contributed by atoms with Crippen LogP contribution in [0.25, 0.3) is 10.9 Å². The predicted octanol–water partition coefficient (Wildman–Crippen LogP) is 5.41. The Balaban J connectivity index is 1.42. The van der Waals surface area contributed by atoms with Gasteiger partial charge in [-0.15, -0.1) is 0 Å². The lowest BCUT2D eigenvalue weighted by Gasteiger charge is -2.20. The Morgan fingerprint density at radius 1 is 0.933 bits per heavy atom. The first kappa shape index (κ1) is 19.8. The fourth-order valence-electron chi connectivity index (χ4n) is 3.81. The highest BCUT2D eigenvalue weighted by Crippen LogP contribution is 2.25. The smallest absolute Gasteiger partial charge is 0.220 e. The lowest BCUT2D eigenvalue weighted by atomic mass is 9.98. The van der Waals surface area contributed by atoms with Gasteiger partial charge in [0.1, 0.15) is 5.75 Å². The van der Waals surface area contributed by atoms with Crippen molar-refractivity contribution in [2.45, 2.75) is 25.3 Å². The van der Waals surface area contributed by atoms with Gasteiger partial charge >= 0.3 is 0 Å². The van der Waals surface area contributed by atoms with Gasteiger partial charge in [0.05, 0.1) is 13.2 Å². The topological polar surface area (TPSA) is 54.1 Å². The van der Waals surface area contributed by atoms with Crippen LogP contribution in [-0.2, 0) is 11.2 Å². The van der Waals surface area contributed by atoms with E-state index in [2.05, 4.69) is 22.4 Å². The summed E-state index contributed by atoms with van der Waals surface area (Å²) in [4.78, 5) is 16.1. The average Bonchev–Trinajstić information content (AvgIpc) is 3.21. The van der Waals surface area contributed by atoms with E-state index in [-0.39, 0.29) is 11.9 Å². The third kappa shape index (κ3) is 4.54. The molecule has 0 saturated carbocycles. The molecule has 0 bridgehead atoms. The monoisotopic (exact) mass is 398 g/mol. The zero-order chi connectivity index (χ0) is 20.8. The van der Waals surface area contributed by atoms with E-state index in [1.54, 1.807) is 7.11 Å². The summed E-state index contributed by atoms with van der Waals surface area (Å²) < 4.78 is 5.26. The number of aromatic nitrogens is 1. The largest absolute Gasteiger partial charge is 0.497 e. The van der Waals surface area contributed by atoms with Gasteiger partial charge in [-0.1, -0.05) is 60.7 Å². The fourth-order valence-corrected chi connectivity index (χ4v) is 3.81. The Morgan fingerprint density at radius 2 is 1.63 bits per heavy atom. The lowest BCUT2D eigenvalue weighted by molar-refractivity contribution is -0.121. The van der Waals surface area contributed by atoms with Crippen LogP contribution in [0, 0.1) is 0 Å². The maximum Gasteiger partial charge on any atom is 0.220 e. The van der Waals surface area contributed by atoms with Crippen LogP contribution in [0.5, 0.6) is 5.75 Å². The number of carbonyl (C=O) groups excluding carboxylic acids is 1. The van der Waals surface area contributed by atoms with Crippen LogP contribution in [-0.4, -0.2) is 18.0 Å². The summed E-state index contributed by atoms with van der Waals surface area (Å²) in [7, 11) is 1.65. The highest BCUT2D eigenvalue weighted by atomic mass is 16.5. The number of hydrogen-bond acceptors (Lipinski definition) is 2. The fraction of sp³-hybridized carbons (Fsp3) is 0.192. The van der Waals surface area contributed by atoms with E-state index in [0.29, 0.717) is 6.42 Å². The number of carbonyl (C=O) groups is 1. The first-order chi connectivity index (χ1) is 14.7. The number of amides is 1. The van der Waals surface area contributed by atoms with Crippen molar-refractivity contribution in [1.82, 2.24) is 10.3 Å². The molecule has 30 heavy (non-hydrogen) atoms. The van der Waals surface area contributed by atoms with Gasteiger partial charge < -0.3 is 15.0 Å². The van der Waals surface area contributed by atoms with Crippen molar-refractivity contribution in [1.29, 1.82) is 0 Å². The second kappa shape index (κ2) is 9.31. The van der Waals surface area contributed by atoms with Crippen LogP contribution in [0.4, 0.5) is 0 Å². The quantitative estimate of drug-likeness (QED) is 0.417. The number of nitrogens with one attached hydrogen (secondary N) is 2. The van der Waals surface area contributed by atoms with Gasteiger partial charge in [-0.25, -0.2) is 0 Å². The molecule has 2 N–H and O–H groups in total. The normalized spacial score (nSPS) is 11.9. The van der Waals surface area contributed by atoms with E-state index in [1.165, 1.54) is 10.9 Å². The van der Waals surface area contributed by atoms with E-state index in [0.717, 1.165) is 35.2 Å². The second-order valence-corrected chi connectivity index (χ2v) is 7.40. The molecule has 1 atom stereocenters. The van der Waals surface area contributed by atoms with Gasteiger partial charge in [0.15, 0.2) is 0 Å². The molecule has 0 saturated heterocycles. The molecule has 1 aromatic heterocycles. The van der Waals surface area contributed by atoms with Crippen LogP contribution in [0.3, 0.4) is 0 Å². The number of hydrogen-bond donors (Lipinski definition) is 2. The molecule has 1 amide bonds. The molecule has 1 heterocycles. The SMILES string of the molecule is COc1ccc(C(NC(=O)CCCc2c[nH]c3ccccc23)c2ccccc2)cc1. The number of fused-ring (bicyclic) bond motifs is 1. The van der Waals surface area contributed by atoms with Crippen molar-refractivity contribution in [3.8, 4) is 5.75 Å². The van der Waals surface area contributed by atoms with Gasteiger partial charge in [0, 0.05) is 23.5 Å². The number of H-pyrrole nitrogens is 1. The van der Waals surface area contributed by atoms with Gasteiger partial charge in [0.25, 0.3) is 0 Å². The third-order valence-corrected chi connectivity index (χ3v) is 5.41. The molecule has 0 radical (unpaired) electrons. The Kier molecular flexibility index (Phi) is 6.14. The molecule has 0 fully saturated rings. The van der Waals surface area contributed by atoms with E-state index in [4.69, 9.17) is 4.74 Å². The zero-order valence-corrected chi connectivity index (χ0v) is 17.1. The van der Waals surface area contributed by atoms with Crippen molar-refractivity contribution in [3.05, 3.63) is 102 Å². The number of aryl methyl sites for hydroxylation is 1. The number of para-hydroxylation sites is 1. The molecule has 4 rings (SSSR count). The van der Waals surface area contributed by atoms with E-state index in [9.17, 15) is 4.79 Å². The first-order valence-electron chi connectivity index (χ1n) is 10.3. The van der Waals surface area contributed by atoms with Crippen molar-refractivity contribution in [2.24, 2.45) is 0 Å². The van der Waals surface area contributed by atoms with Crippen molar-refractivity contribution in [2.75, 3.05) is 7.11 Å². The van der Waals surface area contributed by atoms with Crippen LogP contribution in [0.15, 0.2) is 85.1 Å². The number of methoxy groups -OCH3 is 1. The summed E-state index contributed by atoms with van der Waals surface area (Å²) in [6.45, 7) is 0. The minimum atomic E-state index is -0.183. The summed E-state index contributed by atoms with van der Waals surface area (Å²) in [5, 5.41) is 4.45. The molecule has 4 heteroatoms. The Morgan fingerprint density at radius 3 is 2.40 bits per heavy atom. The minimum absolute atomic E-state index is 0.0551. The molecule has 1 unspecified atom stereocenters. The zero-order valence-electron chi connectivity index (χ0n) is 17.1. The molecule has 4 aromatic rings. The molecule has 0 aliphatic carbocycles. The van der Waals surface area contributed by atoms with Crippen molar-refractivity contribution in [3.63, 3.8) is 0 Å². The molecule has 4 nitrogen and oxygen atoms in total. The van der Waals surface area contributed by atoms with Gasteiger partial charge in [-0.3, -0.25) is 4.79 Å². The van der Waals surface area contributed by atoms with E-state index < -0.39 is 0 Å². The molecule has 152 valence electrons. The standard InChI is InChI=1S/C26H26N2O2/c1-30-22-16-14-20(15-17-22)26(19-8-3-2-4-9-19)28-25(29)13-7-10-21-18-27-24-12-6-5-11-23(21)24/h2-6,8-9,11-12,14-18,26-27H,7,10,13H2,1H3,(H,28,29). The molecular formula is C26H26N2O2. The number of ether oxygens (including phenoxy) is 1. The summed E-state index contributed by atoms with van der Waals surface area (Å²) in [6.07, 6.45) is 4.21. The van der Waals surface area contributed by atoms with Crippen LogP contribution in [0.2, 0.25) is 0 Å².